The first-order chi connectivity index (χ1) is 15.0. The fourth-order valence-corrected chi connectivity index (χ4v) is 4.52. The van der Waals surface area contributed by atoms with Crippen molar-refractivity contribution in [1.82, 2.24) is 9.55 Å². The van der Waals surface area contributed by atoms with Crippen molar-refractivity contribution in [2.45, 2.75) is 11.7 Å². The van der Waals surface area contributed by atoms with E-state index in [0.717, 1.165) is 11.3 Å². The number of carbonyl (C=O) groups excluding carboxylic acids is 1. The average Bonchev–Trinajstić information content (AvgIpc) is 3.25. The first-order valence-electron chi connectivity index (χ1n) is 9.32. The van der Waals surface area contributed by atoms with Gasteiger partial charge >= 0.3 is 0 Å². The molecule has 0 spiro atoms. The summed E-state index contributed by atoms with van der Waals surface area (Å²) in [6.45, 7) is 0.325. The van der Waals surface area contributed by atoms with Crippen LogP contribution in [0.4, 0.5) is 10.1 Å². The largest absolute Gasteiger partial charge is 0.497 e. The molecule has 2 aromatic carbocycles. The number of benzene rings is 2. The summed E-state index contributed by atoms with van der Waals surface area (Å²) in [5.74, 6) is 0.146. The second-order valence-electron chi connectivity index (χ2n) is 6.61. The molecule has 0 bridgehead atoms. The molecule has 1 amide bonds. The van der Waals surface area contributed by atoms with Gasteiger partial charge in [0.2, 0.25) is 5.91 Å². The van der Waals surface area contributed by atoms with E-state index in [4.69, 9.17) is 4.74 Å². The minimum atomic E-state index is -0.372. The summed E-state index contributed by atoms with van der Waals surface area (Å²) in [5.41, 5.74) is 1.89. The van der Waals surface area contributed by atoms with Crippen LogP contribution in [0.1, 0.15) is 5.56 Å². The number of rotatable bonds is 7. The third-order valence-electron chi connectivity index (χ3n) is 4.49. The number of nitrogens with one attached hydrogen (secondary N) is 1. The molecule has 0 fully saturated rings. The number of thiophene rings is 1. The molecule has 6 nitrogen and oxygen atoms in total. The van der Waals surface area contributed by atoms with E-state index in [-0.39, 0.29) is 23.0 Å². The van der Waals surface area contributed by atoms with Crippen LogP contribution in [0, 0.1) is 5.82 Å². The van der Waals surface area contributed by atoms with Gasteiger partial charge in [-0.25, -0.2) is 9.37 Å². The molecule has 2 heterocycles. The van der Waals surface area contributed by atoms with Crippen LogP contribution in [0.2, 0.25) is 0 Å². The quantitative estimate of drug-likeness (QED) is 0.331. The highest BCUT2D eigenvalue weighted by Crippen LogP contribution is 2.22. The van der Waals surface area contributed by atoms with E-state index < -0.39 is 0 Å². The number of halogens is 1. The first kappa shape index (κ1) is 21.1. The number of amides is 1. The van der Waals surface area contributed by atoms with Gasteiger partial charge in [0.1, 0.15) is 16.3 Å². The lowest BCUT2D eigenvalue weighted by Gasteiger charge is -2.12. The van der Waals surface area contributed by atoms with Crippen LogP contribution in [0.25, 0.3) is 10.2 Å². The molecule has 4 aromatic rings. The van der Waals surface area contributed by atoms with Crippen LogP contribution in [0.3, 0.4) is 0 Å². The molecule has 0 aliphatic rings. The molecule has 0 saturated carbocycles. The topological polar surface area (TPSA) is 73.2 Å². The van der Waals surface area contributed by atoms with E-state index in [1.165, 1.54) is 47.4 Å². The maximum absolute atomic E-state index is 13.1. The maximum Gasteiger partial charge on any atom is 0.272 e. The van der Waals surface area contributed by atoms with Gasteiger partial charge in [-0.2, -0.15) is 0 Å². The summed E-state index contributed by atoms with van der Waals surface area (Å²) in [6.07, 6.45) is 0. The zero-order valence-corrected chi connectivity index (χ0v) is 18.1. The number of anilines is 1. The Morgan fingerprint density at radius 1 is 1.16 bits per heavy atom. The van der Waals surface area contributed by atoms with Gasteiger partial charge in [-0.1, -0.05) is 23.9 Å². The highest BCUT2D eigenvalue weighted by molar-refractivity contribution is 7.99. The lowest BCUT2D eigenvalue weighted by molar-refractivity contribution is -0.113. The number of aromatic nitrogens is 2. The minimum Gasteiger partial charge on any atom is -0.497 e. The SMILES string of the molecule is COc1ccc(Cn2c(SCC(=O)Nc3ccc(F)cc3)nc3ccsc3c2=O)cc1. The van der Waals surface area contributed by atoms with Crippen molar-refractivity contribution in [3.05, 3.63) is 81.7 Å². The zero-order valence-electron chi connectivity index (χ0n) is 16.5. The summed E-state index contributed by atoms with van der Waals surface area (Å²) in [6, 6.07) is 14.8. The smallest absolute Gasteiger partial charge is 0.272 e. The van der Waals surface area contributed by atoms with Crippen LogP contribution in [-0.2, 0) is 11.3 Å². The van der Waals surface area contributed by atoms with Gasteiger partial charge in [0.25, 0.3) is 5.56 Å². The first-order valence-corrected chi connectivity index (χ1v) is 11.2. The molecule has 4 rings (SSSR count). The fraction of sp³-hybridized carbons (Fsp3) is 0.136. The van der Waals surface area contributed by atoms with Gasteiger partial charge in [0.15, 0.2) is 5.16 Å². The molecule has 158 valence electrons. The number of ether oxygens (including phenoxy) is 1. The molecular weight excluding hydrogens is 437 g/mol. The van der Waals surface area contributed by atoms with E-state index >= 15 is 0 Å². The number of methoxy groups -OCH3 is 1. The van der Waals surface area contributed by atoms with Crippen LogP contribution >= 0.6 is 23.1 Å². The number of thioether (sulfide) groups is 1. The molecule has 0 radical (unpaired) electrons. The second kappa shape index (κ2) is 9.32. The number of carbonyl (C=O) groups is 1. The van der Waals surface area contributed by atoms with Crippen molar-refractivity contribution in [2.24, 2.45) is 0 Å². The van der Waals surface area contributed by atoms with Gasteiger partial charge in [0.05, 0.1) is 24.9 Å². The number of nitrogens with zero attached hydrogens (tertiary/aromatic N) is 2. The summed E-state index contributed by atoms with van der Waals surface area (Å²) in [5, 5.41) is 5.00. The van der Waals surface area contributed by atoms with Gasteiger partial charge in [-0.15, -0.1) is 11.3 Å². The predicted molar refractivity (Wildman–Crippen MR) is 122 cm³/mol. The lowest BCUT2D eigenvalue weighted by atomic mass is 10.2. The Morgan fingerprint density at radius 2 is 1.90 bits per heavy atom. The van der Waals surface area contributed by atoms with Crippen LogP contribution in [0.15, 0.2) is 69.9 Å². The Bertz CT molecular complexity index is 1270. The Balaban J connectivity index is 1.56. The monoisotopic (exact) mass is 455 g/mol. The van der Waals surface area contributed by atoms with Crippen LogP contribution < -0.4 is 15.6 Å². The van der Waals surface area contributed by atoms with Crippen molar-refractivity contribution < 1.29 is 13.9 Å². The summed E-state index contributed by atoms with van der Waals surface area (Å²) in [4.78, 5) is 30.0. The summed E-state index contributed by atoms with van der Waals surface area (Å²) in [7, 11) is 1.60. The molecule has 1 N–H and O–H groups in total. The summed E-state index contributed by atoms with van der Waals surface area (Å²) >= 11 is 2.53. The summed E-state index contributed by atoms with van der Waals surface area (Å²) < 4.78 is 20.4. The number of fused-ring (bicyclic) bond motifs is 1. The van der Waals surface area contributed by atoms with E-state index in [0.29, 0.717) is 27.6 Å². The standard InChI is InChI=1S/C22H18FN3O3S2/c1-29-17-8-2-14(3-9-17)12-26-21(28)20-18(10-11-30-20)25-22(26)31-13-19(27)24-16-6-4-15(23)5-7-16/h2-11H,12-13H2,1H3,(H,24,27). The predicted octanol–water partition coefficient (Wildman–Crippen LogP) is 4.38. The third kappa shape index (κ3) is 4.95. The molecule has 2 aromatic heterocycles. The lowest BCUT2D eigenvalue weighted by Crippen LogP contribution is -2.24. The van der Waals surface area contributed by atoms with Gasteiger partial charge in [0, 0.05) is 5.69 Å². The molecule has 0 saturated heterocycles. The molecule has 0 unspecified atom stereocenters. The number of hydrogen-bond donors (Lipinski definition) is 1. The number of hydrogen-bond acceptors (Lipinski definition) is 6. The Kier molecular flexibility index (Phi) is 6.34. The fourth-order valence-electron chi connectivity index (χ4n) is 2.95. The molecule has 0 aliphatic carbocycles. The average molecular weight is 456 g/mol. The Morgan fingerprint density at radius 3 is 2.61 bits per heavy atom. The third-order valence-corrected chi connectivity index (χ3v) is 6.36. The molecule has 0 atom stereocenters. The van der Waals surface area contributed by atoms with Crippen molar-refractivity contribution in [3.8, 4) is 5.75 Å². The highest BCUT2D eigenvalue weighted by Gasteiger charge is 2.15. The van der Waals surface area contributed by atoms with Gasteiger partial charge < -0.3 is 10.1 Å². The normalized spacial score (nSPS) is 10.9. The zero-order chi connectivity index (χ0) is 21.8. The Hall–Kier alpha value is -3.17. The van der Waals surface area contributed by atoms with E-state index in [1.807, 2.05) is 29.6 Å². The van der Waals surface area contributed by atoms with Crippen molar-refractivity contribution in [3.63, 3.8) is 0 Å². The molecule has 31 heavy (non-hydrogen) atoms. The second-order valence-corrected chi connectivity index (χ2v) is 8.47. The van der Waals surface area contributed by atoms with E-state index in [2.05, 4.69) is 10.3 Å². The van der Waals surface area contributed by atoms with Crippen molar-refractivity contribution in [1.29, 1.82) is 0 Å². The van der Waals surface area contributed by atoms with Crippen molar-refractivity contribution >= 4 is 44.9 Å². The molecule has 9 heteroatoms. The van der Waals surface area contributed by atoms with Gasteiger partial charge in [-0.05, 0) is 53.4 Å². The Labute approximate surface area is 185 Å². The van der Waals surface area contributed by atoms with Crippen molar-refractivity contribution in [2.75, 3.05) is 18.2 Å². The maximum atomic E-state index is 13.1. The van der Waals surface area contributed by atoms with Crippen LogP contribution in [-0.4, -0.2) is 28.3 Å². The molecular formula is C22H18FN3O3S2. The van der Waals surface area contributed by atoms with Crippen LogP contribution in [0.5, 0.6) is 5.75 Å². The van der Waals surface area contributed by atoms with Gasteiger partial charge in [-0.3, -0.25) is 14.2 Å². The minimum absolute atomic E-state index is 0.0576. The molecule has 0 aliphatic heterocycles. The highest BCUT2D eigenvalue weighted by atomic mass is 32.2. The van der Waals surface area contributed by atoms with E-state index in [9.17, 15) is 14.0 Å². The van der Waals surface area contributed by atoms with E-state index in [1.54, 1.807) is 17.7 Å².